The molecule has 3 N–H and O–H groups in total. The molecule has 2 heterocycles. The number of nitrogens with one attached hydrogen (secondary N) is 3. The highest BCUT2D eigenvalue weighted by molar-refractivity contribution is 5.69. The molecule has 3 amide bonds. The maximum absolute atomic E-state index is 12.2. The number of benzene rings is 1. The van der Waals surface area contributed by atoms with E-state index >= 15 is 0 Å². The van der Waals surface area contributed by atoms with Gasteiger partial charge in [0.05, 0.1) is 0 Å². The average Bonchev–Trinajstić information content (AvgIpc) is 2.91. The summed E-state index contributed by atoms with van der Waals surface area (Å²) in [5.41, 5.74) is 0.0547. The van der Waals surface area contributed by atoms with Crippen molar-refractivity contribution in [1.82, 2.24) is 20.9 Å². The first-order valence-electron chi connectivity index (χ1n) is 15.3. The lowest BCUT2D eigenvalue weighted by atomic mass is 9.90. The summed E-state index contributed by atoms with van der Waals surface area (Å²) in [6.45, 7) is 18.9. The van der Waals surface area contributed by atoms with E-state index in [1.165, 1.54) is 0 Å². The van der Waals surface area contributed by atoms with E-state index in [0.717, 1.165) is 44.3 Å². The van der Waals surface area contributed by atoms with Gasteiger partial charge in [0.1, 0.15) is 17.8 Å². The second-order valence-corrected chi connectivity index (χ2v) is 13.3. The van der Waals surface area contributed by atoms with Crippen molar-refractivity contribution < 1.29 is 28.6 Å². The number of piperidine rings is 2. The minimum absolute atomic E-state index is 0.00680. The van der Waals surface area contributed by atoms with Crippen LogP contribution in [-0.4, -0.2) is 72.6 Å². The standard InChI is InChI=1S/C20H30N2O4.C12H24N2O2/c1-15(21-18(23)26-20(2,3)4)17-10-12-22(13-11-17)19(24)25-14-16-8-6-5-7-9-16;1-9(10-5-7-13-8-6-10)14-11(15)16-12(2,3)4/h5-9,15,17H,10-14H2,1-4H3,(H,21,23);9-10,13H,5-8H2,1-4H3,(H,14,15)/t15-;9-/m11/s1. The van der Waals surface area contributed by atoms with Crippen molar-refractivity contribution in [3.05, 3.63) is 35.9 Å². The summed E-state index contributed by atoms with van der Waals surface area (Å²) < 4.78 is 15.9. The molecule has 3 rings (SSSR count). The zero-order valence-corrected chi connectivity index (χ0v) is 27.0. The van der Waals surface area contributed by atoms with E-state index < -0.39 is 17.3 Å². The number of ether oxygens (including phenoxy) is 3. The summed E-state index contributed by atoms with van der Waals surface area (Å²) in [5.74, 6) is 0.884. The molecule has 2 fully saturated rings. The van der Waals surface area contributed by atoms with E-state index in [2.05, 4.69) is 22.9 Å². The lowest BCUT2D eigenvalue weighted by molar-refractivity contribution is 0.0457. The van der Waals surface area contributed by atoms with Gasteiger partial charge in [-0.05, 0) is 112 Å². The third-order valence-corrected chi connectivity index (χ3v) is 7.29. The highest BCUT2D eigenvalue weighted by Gasteiger charge is 2.29. The van der Waals surface area contributed by atoms with Crippen molar-refractivity contribution in [1.29, 1.82) is 0 Å². The van der Waals surface area contributed by atoms with Crippen molar-refractivity contribution in [3.63, 3.8) is 0 Å². The van der Waals surface area contributed by atoms with Crippen LogP contribution in [0.3, 0.4) is 0 Å². The molecule has 2 aliphatic heterocycles. The largest absolute Gasteiger partial charge is 0.445 e. The molecule has 238 valence electrons. The van der Waals surface area contributed by atoms with Gasteiger partial charge in [0.2, 0.25) is 0 Å². The Balaban J connectivity index is 0.000000330. The molecular formula is C32H54N4O6. The molecule has 0 saturated carbocycles. The van der Waals surface area contributed by atoms with Gasteiger partial charge in [0.25, 0.3) is 0 Å². The number of hydrogen-bond donors (Lipinski definition) is 3. The highest BCUT2D eigenvalue weighted by Crippen LogP contribution is 2.22. The second kappa shape index (κ2) is 16.6. The van der Waals surface area contributed by atoms with Gasteiger partial charge in [-0.3, -0.25) is 0 Å². The molecule has 0 aromatic heterocycles. The zero-order valence-electron chi connectivity index (χ0n) is 27.0. The van der Waals surface area contributed by atoms with Crippen molar-refractivity contribution in [2.45, 2.75) is 111 Å². The van der Waals surface area contributed by atoms with Crippen molar-refractivity contribution in [2.75, 3.05) is 26.2 Å². The molecule has 1 aromatic rings. The Morgan fingerprint density at radius 3 is 1.71 bits per heavy atom. The monoisotopic (exact) mass is 590 g/mol. The Labute approximate surface area is 252 Å². The Morgan fingerprint density at radius 1 is 0.810 bits per heavy atom. The van der Waals surface area contributed by atoms with Gasteiger partial charge >= 0.3 is 18.3 Å². The van der Waals surface area contributed by atoms with Gasteiger partial charge in [0.15, 0.2) is 0 Å². The number of hydrogen-bond acceptors (Lipinski definition) is 7. The Kier molecular flexibility index (Phi) is 13.9. The van der Waals surface area contributed by atoms with Crippen LogP contribution in [0.25, 0.3) is 0 Å². The molecule has 10 heteroatoms. The number of carbonyl (C=O) groups is 3. The summed E-state index contributed by atoms with van der Waals surface area (Å²) in [7, 11) is 0. The fraction of sp³-hybridized carbons (Fsp3) is 0.719. The molecule has 42 heavy (non-hydrogen) atoms. The van der Waals surface area contributed by atoms with Gasteiger partial charge in [-0.2, -0.15) is 0 Å². The van der Waals surface area contributed by atoms with Crippen LogP contribution in [0.4, 0.5) is 14.4 Å². The molecule has 2 aliphatic rings. The van der Waals surface area contributed by atoms with Gasteiger partial charge in [-0.25, -0.2) is 14.4 Å². The molecule has 2 saturated heterocycles. The lowest BCUT2D eigenvalue weighted by Gasteiger charge is -2.34. The van der Waals surface area contributed by atoms with Gasteiger partial charge in [-0.15, -0.1) is 0 Å². The fourth-order valence-electron chi connectivity index (χ4n) is 4.96. The smallest absolute Gasteiger partial charge is 0.410 e. The third-order valence-electron chi connectivity index (χ3n) is 7.29. The number of amides is 3. The van der Waals surface area contributed by atoms with Crippen LogP contribution in [0.5, 0.6) is 0 Å². The molecule has 10 nitrogen and oxygen atoms in total. The minimum atomic E-state index is -0.504. The summed E-state index contributed by atoms with van der Waals surface area (Å²) in [5, 5.41) is 9.14. The molecule has 0 unspecified atom stereocenters. The van der Waals surface area contributed by atoms with Gasteiger partial charge < -0.3 is 35.1 Å². The Bertz CT molecular complexity index is 961. The number of carbonyl (C=O) groups excluding carboxylic acids is 3. The molecule has 0 bridgehead atoms. The normalized spacial score (nSPS) is 18.0. The number of alkyl carbamates (subject to hydrolysis) is 2. The number of nitrogens with zero attached hydrogens (tertiary/aromatic N) is 1. The van der Waals surface area contributed by atoms with E-state index in [0.29, 0.717) is 24.9 Å². The summed E-state index contributed by atoms with van der Waals surface area (Å²) in [4.78, 5) is 37.4. The SMILES string of the molecule is C[C@@H](NC(=O)OC(C)(C)C)C1CCN(C(=O)OCc2ccccc2)CC1.C[C@@H](NC(=O)OC(C)(C)C)C1CCNCC1. The minimum Gasteiger partial charge on any atom is -0.445 e. The molecule has 0 radical (unpaired) electrons. The van der Waals surface area contributed by atoms with Crippen LogP contribution in [0, 0.1) is 11.8 Å². The molecule has 0 spiro atoms. The van der Waals surface area contributed by atoms with Crippen LogP contribution >= 0.6 is 0 Å². The molecule has 1 aromatic carbocycles. The van der Waals surface area contributed by atoms with Crippen molar-refractivity contribution in [2.24, 2.45) is 11.8 Å². The van der Waals surface area contributed by atoms with Crippen LogP contribution < -0.4 is 16.0 Å². The summed E-state index contributed by atoms with van der Waals surface area (Å²) in [6, 6.07) is 9.85. The third kappa shape index (κ3) is 14.2. The first kappa shape index (κ1) is 35.2. The van der Waals surface area contributed by atoms with Crippen LogP contribution in [-0.2, 0) is 20.8 Å². The van der Waals surface area contributed by atoms with Crippen LogP contribution in [0.1, 0.15) is 86.6 Å². The first-order valence-corrected chi connectivity index (χ1v) is 15.3. The van der Waals surface area contributed by atoms with E-state index in [-0.39, 0.29) is 30.9 Å². The quantitative estimate of drug-likeness (QED) is 0.356. The van der Waals surface area contributed by atoms with Crippen molar-refractivity contribution >= 4 is 18.3 Å². The maximum atomic E-state index is 12.2. The first-order chi connectivity index (χ1) is 19.6. The molecule has 2 atom stereocenters. The lowest BCUT2D eigenvalue weighted by Crippen LogP contribution is -2.46. The second-order valence-electron chi connectivity index (χ2n) is 13.3. The Hall–Kier alpha value is -3.01. The summed E-state index contributed by atoms with van der Waals surface area (Å²) >= 11 is 0. The number of likely N-dealkylation sites (tertiary alicyclic amines) is 1. The zero-order chi connectivity index (χ0) is 31.3. The number of rotatable bonds is 6. The van der Waals surface area contributed by atoms with E-state index in [1.54, 1.807) is 4.90 Å². The van der Waals surface area contributed by atoms with E-state index in [9.17, 15) is 14.4 Å². The van der Waals surface area contributed by atoms with Crippen LogP contribution in [0.15, 0.2) is 30.3 Å². The van der Waals surface area contributed by atoms with Gasteiger partial charge in [-0.1, -0.05) is 30.3 Å². The molecular weight excluding hydrogens is 536 g/mol. The summed E-state index contributed by atoms with van der Waals surface area (Å²) in [6.07, 6.45) is 2.93. The Morgan fingerprint density at radius 2 is 1.26 bits per heavy atom. The predicted molar refractivity (Wildman–Crippen MR) is 164 cm³/mol. The average molecular weight is 591 g/mol. The van der Waals surface area contributed by atoms with E-state index in [4.69, 9.17) is 14.2 Å². The molecule has 0 aliphatic carbocycles. The van der Waals surface area contributed by atoms with Crippen molar-refractivity contribution in [3.8, 4) is 0 Å². The maximum Gasteiger partial charge on any atom is 0.410 e. The predicted octanol–water partition coefficient (Wildman–Crippen LogP) is 5.85. The van der Waals surface area contributed by atoms with E-state index in [1.807, 2.05) is 78.8 Å². The fourth-order valence-corrected chi connectivity index (χ4v) is 4.96. The topological polar surface area (TPSA) is 118 Å². The highest BCUT2D eigenvalue weighted by atomic mass is 16.6. The van der Waals surface area contributed by atoms with Gasteiger partial charge in [0, 0.05) is 25.2 Å². The van der Waals surface area contributed by atoms with Crippen LogP contribution in [0.2, 0.25) is 0 Å².